The van der Waals surface area contributed by atoms with E-state index in [1.807, 2.05) is 12.1 Å². The van der Waals surface area contributed by atoms with Crippen LogP contribution in [0.25, 0.3) is 0 Å². The summed E-state index contributed by atoms with van der Waals surface area (Å²) >= 11 is 3.25. The lowest BCUT2D eigenvalue weighted by Crippen LogP contribution is -2.29. The number of nitrogens with zero attached hydrogens (tertiary/aromatic N) is 1. The zero-order valence-corrected chi connectivity index (χ0v) is 11.6. The average Bonchev–Trinajstić information content (AvgIpc) is 2.29. The molecule has 5 heteroatoms. The standard InChI is InChI=1S/C12H18BrN3O/c1-2-3-4-5-9-14-12(17)16-11-8-6-7-10(13)15-11/h6-8H,2-5,9H2,1H3,(H2,14,15,16,17). The Morgan fingerprint density at radius 3 is 2.88 bits per heavy atom. The number of aromatic nitrogens is 1. The first-order valence-electron chi connectivity index (χ1n) is 5.89. The largest absolute Gasteiger partial charge is 0.338 e. The van der Waals surface area contributed by atoms with Crippen molar-refractivity contribution in [3.63, 3.8) is 0 Å². The molecule has 0 unspecified atom stereocenters. The number of anilines is 1. The third-order valence-electron chi connectivity index (χ3n) is 2.27. The molecule has 0 aromatic carbocycles. The van der Waals surface area contributed by atoms with E-state index in [1.165, 1.54) is 12.8 Å². The van der Waals surface area contributed by atoms with Gasteiger partial charge in [0.1, 0.15) is 10.4 Å². The molecule has 0 saturated carbocycles. The van der Waals surface area contributed by atoms with E-state index in [-0.39, 0.29) is 6.03 Å². The Balaban J connectivity index is 2.21. The van der Waals surface area contributed by atoms with Gasteiger partial charge in [-0.1, -0.05) is 32.3 Å². The predicted octanol–water partition coefficient (Wildman–Crippen LogP) is 3.55. The number of hydrogen-bond acceptors (Lipinski definition) is 2. The predicted molar refractivity (Wildman–Crippen MR) is 73.1 cm³/mol. The number of urea groups is 1. The summed E-state index contributed by atoms with van der Waals surface area (Å²) in [5.74, 6) is 0.547. The van der Waals surface area contributed by atoms with Gasteiger partial charge in [-0.2, -0.15) is 0 Å². The summed E-state index contributed by atoms with van der Waals surface area (Å²) in [5.41, 5.74) is 0. The van der Waals surface area contributed by atoms with Gasteiger partial charge in [0.15, 0.2) is 0 Å². The van der Waals surface area contributed by atoms with Crippen molar-refractivity contribution in [2.75, 3.05) is 11.9 Å². The molecule has 94 valence electrons. The van der Waals surface area contributed by atoms with Crippen LogP contribution >= 0.6 is 15.9 Å². The summed E-state index contributed by atoms with van der Waals surface area (Å²) < 4.78 is 0.707. The van der Waals surface area contributed by atoms with Crippen molar-refractivity contribution in [3.8, 4) is 0 Å². The van der Waals surface area contributed by atoms with Crippen molar-refractivity contribution in [1.82, 2.24) is 10.3 Å². The summed E-state index contributed by atoms with van der Waals surface area (Å²) in [5, 5.41) is 5.49. The fourth-order valence-corrected chi connectivity index (χ4v) is 1.74. The number of halogens is 1. The summed E-state index contributed by atoms with van der Waals surface area (Å²) in [6, 6.07) is 5.19. The highest BCUT2D eigenvalue weighted by Crippen LogP contribution is 2.09. The van der Waals surface area contributed by atoms with Crippen LogP contribution in [0.1, 0.15) is 32.6 Å². The molecule has 1 aromatic rings. The lowest BCUT2D eigenvalue weighted by atomic mass is 10.2. The van der Waals surface area contributed by atoms with Crippen LogP contribution in [0.3, 0.4) is 0 Å². The van der Waals surface area contributed by atoms with Crippen LogP contribution in [0.2, 0.25) is 0 Å². The number of pyridine rings is 1. The molecule has 2 amide bonds. The topological polar surface area (TPSA) is 54.0 Å². The lowest BCUT2D eigenvalue weighted by Gasteiger charge is -2.06. The monoisotopic (exact) mass is 299 g/mol. The van der Waals surface area contributed by atoms with Crippen molar-refractivity contribution in [3.05, 3.63) is 22.8 Å². The van der Waals surface area contributed by atoms with Gasteiger partial charge < -0.3 is 5.32 Å². The Bertz CT molecular complexity index is 357. The zero-order chi connectivity index (χ0) is 12.5. The first-order valence-corrected chi connectivity index (χ1v) is 6.69. The van der Waals surface area contributed by atoms with Gasteiger partial charge in [-0.3, -0.25) is 5.32 Å². The van der Waals surface area contributed by atoms with E-state index in [0.717, 1.165) is 12.8 Å². The SMILES string of the molecule is CCCCCCNC(=O)Nc1cccc(Br)n1. The van der Waals surface area contributed by atoms with Crippen LogP contribution < -0.4 is 10.6 Å². The lowest BCUT2D eigenvalue weighted by molar-refractivity contribution is 0.252. The molecular weight excluding hydrogens is 282 g/mol. The van der Waals surface area contributed by atoms with Gasteiger partial charge in [0.25, 0.3) is 0 Å². The Hall–Kier alpha value is -1.10. The number of amides is 2. The highest BCUT2D eigenvalue weighted by molar-refractivity contribution is 9.10. The van der Waals surface area contributed by atoms with E-state index in [0.29, 0.717) is 17.0 Å². The third-order valence-corrected chi connectivity index (χ3v) is 2.71. The summed E-state index contributed by atoms with van der Waals surface area (Å²) in [6.07, 6.45) is 4.60. The van der Waals surface area contributed by atoms with Crippen molar-refractivity contribution >= 4 is 27.8 Å². The number of carbonyl (C=O) groups excluding carboxylic acids is 1. The van der Waals surface area contributed by atoms with Crippen molar-refractivity contribution in [2.24, 2.45) is 0 Å². The molecular formula is C12H18BrN3O. The zero-order valence-electron chi connectivity index (χ0n) is 10.0. The average molecular weight is 300 g/mol. The summed E-state index contributed by atoms with van der Waals surface area (Å²) in [4.78, 5) is 15.6. The maximum Gasteiger partial charge on any atom is 0.320 e. The van der Waals surface area contributed by atoms with Crippen molar-refractivity contribution in [1.29, 1.82) is 0 Å². The van der Waals surface area contributed by atoms with E-state index in [2.05, 4.69) is 38.5 Å². The summed E-state index contributed by atoms with van der Waals surface area (Å²) in [7, 11) is 0. The van der Waals surface area contributed by atoms with Gasteiger partial charge in [-0.15, -0.1) is 0 Å². The molecule has 0 aliphatic heterocycles. The molecule has 0 fully saturated rings. The van der Waals surface area contributed by atoms with Gasteiger partial charge in [0.2, 0.25) is 0 Å². The minimum atomic E-state index is -0.202. The quantitative estimate of drug-likeness (QED) is 0.623. The molecule has 4 nitrogen and oxygen atoms in total. The number of rotatable bonds is 6. The molecule has 0 aliphatic rings. The Kier molecular flexibility index (Phi) is 6.62. The van der Waals surface area contributed by atoms with Gasteiger partial charge in [0, 0.05) is 6.54 Å². The normalized spacial score (nSPS) is 10.0. The second kappa shape index (κ2) is 8.06. The van der Waals surface area contributed by atoms with Crippen molar-refractivity contribution in [2.45, 2.75) is 32.6 Å². The second-order valence-corrected chi connectivity index (χ2v) is 4.60. The van der Waals surface area contributed by atoms with E-state index < -0.39 is 0 Å². The molecule has 0 bridgehead atoms. The molecule has 0 saturated heterocycles. The van der Waals surface area contributed by atoms with Gasteiger partial charge in [-0.25, -0.2) is 9.78 Å². The molecule has 0 aliphatic carbocycles. The van der Waals surface area contributed by atoms with Gasteiger partial charge in [-0.05, 0) is 34.5 Å². The Morgan fingerprint density at radius 1 is 1.35 bits per heavy atom. The Morgan fingerprint density at radius 2 is 2.18 bits per heavy atom. The first-order chi connectivity index (χ1) is 8.22. The summed E-state index contributed by atoms with van der Waals surface area (Å²) in [6.45, 7) is 2.87. The number of hydrogen-bond donors (Lipinski definition) is 2. The molecule has 1 aromatic heterocycles. The van der Waals surface area contributed by atoms with Crippen LogP contribution in [-0.4, -0.2) is 17.6 Å². The molecule has 17 heavy (non-hydrogen) atoms. The maximum absolute atomic E-state index is 11.5. The minimum absolute atomic E-state index is 0.202. The van der Waals surface area contributed by atoms with Crippen LogP contribution in [0.15, 0.2) is 22.8 Å². The maximum atomic E-state index is 11.5. The van der Waals surface area contributed by atoms with E-state index in [9.17, 15) is 4.79 Å². The fourth-order valence-electron chi connectivity index (χ4n) is 1.39. The van der Waals surface area contributed by atoms with Gasteiger partial charge >= 0.3 is 6.03 Å². The molecule has 0 spiro atoms. The minimum Gasteiger partial charge on any atom is -0.338 e. The molecule has 1 heterocycles. The molecule has 0 atom stereocenters. The smallest absolute Gasteiger partial charge is 0.320 e. The van der Waals surface area contributed by atoms with E-state index in [4.69, 9.17) is 0 Å². The second-order valence-electron chi connectivity index (χ2n) is 3.79. The van der Waals surface area contributed by atoms with Crippen molar-refractivity contribution < 1.29 is 4.79 Å². The van der Waals surface area contributed by atoms with Crippen LogP contribution in [0, 0.1) is 0 Å². The van der Waals surface area contributed by atoms with E-state index in [1.54, 1.807) is 6.07 Å². The first kappa shape index (κ1) is 14.0. The van der Waals surface area contributed by atoms with Gasteiger partial charge in [0.05, 0.1) is 0 Å². The highest BCUT2D eigenvalue weighted by atomic mass is 79.9. The molecule has 1 rings (SSSR count). The van der Waals surface area contributed by atoms with E-state index >= 15 is 0 Å². The fraction of sp³-hybridized carbons (Fsp3) is 0.500. The number of nitrogens with one attached hydrogen (secondary N) is 2. The van der Waals surface area contributed by atoms with Crippen LogP contribution in [-0.2, 0) is 0 Å². The van der Waals surface area contributed by atoms with Crippen LogP contribution in [0.4, 0.5) is 10.6 Å². The molecule has 0 radical (unpaired) electrons. The molecule has 2 N–H and O–H groups in total. The third kappa shape index (κ3) is 6.26. The number of unbranched alkanes of at least 4 members (excludes halogenated alkanes) is 3. The highest BCUT2D eigenvalue weighted by Gasteiger charge is 2.01. The van der Waals surface area contributed by atoms with Crippen LogP contribution in [0.5, 0.6) is 0 Å². The Labute approximate surface area is 110 Å². The number of carbonyl (C=O) groups is 1.